The van der Waals surface area contributed by atoms with Crippen LogP contribution >= 0.6 is 0 Å². The molecule has 6 nitrogen and oxygen atoms in total. The van der Waals surface area contributed by atoms with Gasteiger partial charge in [-0.15, -0.1) is 13.2 Å². The standard InChI is InChI=1S/C15H16F3NO5/c16-15(17,18)24-11-3-1-2-10-12(11)9(20)8-14(23-10)4-6-19(7-5-14)13(21)22/h1-3,9,20H,4-8H2,(H,21,22). The molecular formula is C15H16F3NO5. The van der Waals surface area contributed by atoms with Crippen molar-refractivity contribution in [3.05, 3.63) is 23.8 Å². The van der Waals surface area contributed by atoms with Crippen molar-refractivity contribution in [1.29, 1.82) is 0 Å². The lowest BCUT2D eigenvalue weighted by atomic mass is 9.81. The van der Waals surface area contributed by atoms with Gasteiger partial charge >= 0.3 is 12.5 Å². The molecule has 132 valence electrons. The molecule has 1 amide bonds. The summed E-state index contributed by atoms with van der Waals surface area (Å²) in [5.74, 6) is -0.343. The molecule has 24 heavy (non-hydrogen) atoms. The summed E-state index contributed by atoms with van der Waals surface area (Å²) in [7, 11) is 0. The lowest BCUT2D eigenvalue weighted by Crippen LogP contribution is -2.51. The Labute approximate surface area is 135 Å². The number of hydrogen-bond acceptors (Lipinski definition) is 4. The Bertz CT molecular complexity index is 640. The van der Waals surface area contributed by atoms with Gasteiger partial charge in [-0.25, -0.2) is 4.79 Å². The molecule has 2 aliphatic heterocycles. The fraction of sp³-hybridized carbons (Fsp3) is 0.533. The van der Waals surface area contributed by atoms with E-state index in [0.717, 1.165) is 6.07 Å². The fourth-order valence-electron chi connectivity index (χ4n) is 3.30. The number of carbonyl (C=O) groups is 1. The van der Waals surface area contributed by atoms with Gasteiger partial charge in [0.2, 0.25) is 0 Å². The van der Waals surface area contributed by atoms with Gasteiger partial charge in [-0.2, -0.15) is 0 Å². The number of carboxylic acid groups (broad SMARTS) is 1. The highest BCUT2D eigenvalue weighted by atomic mass is 19.4. The van der Waals surface area contributed by atoms with Crippen molar-refractivity contribution >= 4 is 6.09 Å². The second-order valence-electron chi connectivity index (χ2n) is 5.99. The largest absolute Gasteiger partial charge is 0.573 e. The average molecular weight is 347 g/mol. The highest BCUT2D eigenvalue weighted by molar-refractivity contribution is 5.65. The average Bonchev–Trinajstić information content (AvgIpc) is 2.45. The van der Waals surface area contributed by atoms with Crippen LogP contribution in [0.1, 0.15) is 30.9 Å². The Morgan fingerprint density at radius 1 is 1.33 bits per heavy atom. The van der Waals surface area contributed by atoms with Gasteiger partial charge in [-0.3, -0.25) is 0 Å². The van der Waals surface area contributed by atoms with Gasteiger partial charge in [0.15, 0.2) is 0 Å². The third-order valence-electron chi connectivity index (χ3n) is 4.42. The number of benzene rings is 1. The van der Waals surface area contributed by atoms with Gasteiger partial charge in [-0.05, 0) is 12.1 Å². The van der Waals surface area contributed by atoms with Crippen LogP contribution in [-0.2, 0) is 0 Å². The number of aliphatic hydroxyl groups excluding tert-OH is 1. The maximum Gasteiger partial charge on any atom is 0.573 e. The van der Waals surface area contributed by atoms with Crippen molar-refractivity contribution in [2.75, 3.05) is 13.1 Å². The number of rotatable bonds is 1. The van der Waals surface area contributed by atoms with Crippen molar-refractivity contribution < 1.29 is 37.7 Å². The van der Waals surface area contributed by atoms with Gasteiger partial charge in [0.1, 0.15) is 17.1 Å². The minimum atomic E-state index is -4.86. The topological polar surface area (TPSA) is 79.2 Å². The number of aliphatic hydroxyl groups is 1. The Morgan fingerprint density at radius 3 is 2.58 bits per heavy atom. The van der Waals surface area contributed by atoms with E-state index in [1.165, 1.54) is 17.0 Å². The highest BCUT2D eigenvalue weighted by Crippen LogP contribution is 2.48. The number of alkyl halides is 3. The Kier molecular flexibility index (Phi) is 3.98. The zero-order valence-corrected chi connectivity index (χ0v) is 12.5. The number of fused-ring (bicyclic) bond motifs is 1. The SMILES string of the molecule is O=C(O)N1CCC2(CC1)CC(O)c1c(OC(F)(F)F)cccc1O2. The van der Waals surface area contributed by atoms with Crippen LogP contribution in [0.25, 0.3) is 0 Å². The molecule has 1 atom stereocenters. The number of piperidine rings is 1. The number of nitrogens with zero attached hydrogens (tertiary/aromatic N) is 1. The molecule has 0 saturated carbocycles. The predicted octanol–water partition coefficient (Wildman–Crippen LogP) is 2.91. The van der Waals surface area contributed by atoms with Gasteiger partial charge in [0.05, 0.1) is 11.7 Å². The maximum absolute atomic E-state index is 12.5. The normalized spacial score (nSPS) is 22.7. The Balaban J connectivity index is 1.84. The lowest BCUT2D eigenvalue weighted by Gasteiger charge is -2.45. The third-order valence-corrected chi connectivity index (χ3v) is 4.42. The van der Waals surface area contributed by atoms with Crippen molar-refractivity contribution in [2.45, 2.75) is 37.3 Å². The molecule has 9 heteroatoms. The van der Waals surface area contributed by atoms with Crippen molar-refractivity contribution in [3.63, 3.8) is 0 Å². The van der Waals surface area contributed by atoms with Crippen molar-refractivity contribution in [3.8, 4) is 11.5 Å². The molecule has 1 spiro atoms. The molecular weight excluding hydrogens is 331 g/mol. The van der Waals surface area contributed by atoms with E-state index in [4.69, 9.17) is 9.84 Å². The van der Waals surface area contributed by atoms with E-state index in [2.05, 4.69) is 4.74 Å². The molecule has 0 aliphatic carbocycles. The minimum Gasteiger partial charge on any atom is -0.486 e. The van der Waals surface area contributed by atoms with Crippen molar-refractivity contribution in [1.82, 2.24) is 4.90 Å². The Morgan fingerprint density at radius 2 is 2.00 bits per heavy atom. The number of halogens is 3. The van der Waals surface area contributed by atoms with Crippen LogP contribution in [0.4, 0.5) is 18.0 Å². The second-order valence-corrected chi connectivity index (χ2v) is 5.99. The Hall–Kier alpha value is -2.16. The summed E-state index contributed by atoms with van der Waals surface area (Å²) in [6.45, 7) is 0.492. The second kappa shape index (κ2) is 5.73. The molecule has 1 aromatic rings. The zero-order valence-electron chi connectivity index (χ0n) is 12.5. The number of likely N-dealkylation sites (tertiary alicyclic amines) is 1. The van der Waals surface area contributed by atoms with Crippen LogP contribution in [-0.4, -0.2) is 46.3 Å². The summed E-state index contributed by atoms with van der Waals surface area (Å²) in [6, 6.07) is 3.97. The molecule has 1 fully saturated rings. The van der Waals surface area contributed by atoms with E-state index >= 15 is 0 Å². The first kappa shape index (κ1) is 16.7. The first-order valence-electron chi connectivity index (χ1n) is 7.43. The van der Waals surface area contributed by atoms with E-state index in [1.807, 2.05) is 0 Å². The maximum atomic E-state index is 12.5. The molecule has 0 aromatic heterocycles. The van der Waals surface area contributed by atoms with Gasteiger partial charge in [0.25, 0.3) is 0 Å². The summed E-state index contributed by atoms with van der Waals surface area (Å²) in [6.07, 6.45) is -6.26. The fourth-order valence-corrected chi connectivity index (χ4v) is 3.30. The lowest BCUT2D eigenvalue weighted by molar-refractivity contribution is -0.275. The van der Waals surface area contributed by atoms with E-state index in [-0.39, 0.29) is 30.8 Å². The molecule has 2 heterocycles. The van der Waals surface area contributed by atoms with Crippen LogP contribution in [0, 0.1) is 0 Å². The molecule has 1 unspecified atom stereocenters. The molecule has 2 N–H and O–H groups in total. The molecule has 1 aromatic carbocycles. The van der Waals surface area contributed by atoms with E-state index in [1.54, 1.807) is 0 Å². The van der Waals surface area contributed by atoms with Crippen LogP contribution in [0.3, 0.4) is 0 Å². The van der Waals surface area contributed by atoms with E-state index in [0.29, 0.717) is 12.8 Å². The predicted molar refractivity (Wildman–Crippen MR) is 74.9 cm³/mol. The van der Waals surface area contributed by atoms with Gasteiger partial charge < -0.3 is 24.6 Å². The van der Waals surface area contributed by atoms with Gasteiger partial charge in [-0.1, -0.05) is 6.07 Å². The van der Waals surface area contributed by atoms with Gasteiger partial charge in [0, 0.05) is 32.4 Å². The van der Waals surface area contributed by atoms with Crippen LogP contribution in [0.2, 0.25) is 0 Å². The summed E-state index contributed by atoms with van der Waals surface area (Å²) >= 11 is 0. The smallest absolute Gasteiger partial charge is 0.486 e. The molecule has 0 bridgehead atoms. The number of amides is 1. The quantitative estimate of drug-likeness (QED) is 0.817. The van der Waals surface area contributed by atoms with E-state index < -0.39 is 29.9 Å². The molecule has 3 rings (SSSR count). The first-order chi connectivity index (χ1) is 11.2. The summed E-state index contributed by atoms with van der Waals surface area (Å²) in [4.78, 5) is 12.2. The molecule has 1 saturated heterocycles. The van der Waals surface area contributed by atoms with Crippen LogP contribution < -0.4 is 9.47 Å². The van der Waals surface area contributed by atoms with Crippen molar-refractivity contribution in [2.24, 2.45) is 0 Å². The summed E-state index contributed by atoms with van der Waals surface area (Å²) in [5.41, 5.74) is -0.809. The zero-order chi connectivity index (χ0) is 17.5. The highest BCUT2D eigenvalue weighted by Gasteiger charge is 2.45. The summed E-state index contributed by atoms with van der Waals surface area (Å²) in [5, 5.41) is 19.4. The van der Waals surface area contributed by atoms with Crippen LogP contribution in [0.15, 0.2) is 18.2 Å². The van der Waals surface area contributed by atoms with E-state index in [9.17, 15) is 23.1 Å². The number of ether oxygens (including phenoxy) is 2. The monoisotopic (exact) mass is 347 g/mol. The minimum absolute atomic E-state index is 0.0267. The van der Waals surface area contributed by atoms with Crippen LogP contribution in [0.5, 0.6) is 11.5 Å². The number of hydrogen-bond donors (Lipinski definition) is 2. The summed E-state index contributed by atoms with van der Waals surface area (Å²) < 4.78 is 47.4. The third kappa shape index (κ3) is 3.21. The first-order valence-corrected chi connectivity index (χ1v) is 7.43. The molecule has 2 aliphatic rings. The molecule has 0 radical (unpaired) electrons.